The van der Waals surface area contributed by atoms with Crippen LogP contribution >= 0.6 is 0 Å². The van der Waals surface area contributed by atoms with Crippen LogP contribution in [0.3, 0.4) is 0 Å². The van der Waals surface area contributed by atoms with Crippen LogP contribution in [0.15, 0.2) is 17.1 Å². The minimum absolute atomic E-state index is 0.122. The second-order valence-electron chi connectivity index (χ2n) is 4.71. The highest BCUT2D eigenvalue weighted by Gasteiger charge is 2.25. The Hall–Kier alpha value is -1.71. The lowest BCUT2D eigenvalue weighted by Crippen LogP contribution is -2.14. The molecule has 0 N–H and O–H groups in total. The first-order valence-electron chi connectivity index (χ1n) is 5.76. The number of rotatable bonds is 1. The Labute approximate surface area is 97.9 Å². The van der Waals surface area contributed by atoms with E-state index >= 15 is 0 Å². The molecule has 1 aliphatic carbocycles. The molecule has 0 atom stereocenters. The van der Waals surface area contributed by atoms with E-state index in [0.29, 0.717) is 28.3 Å². The standard InChI is InChI=1S/C13H13FN2O/c1-7-6-16(9-3-4-9)13-10(12(7)17)5-11(14)8(2)15-13/h5-6,9H,3-4H2,1-2H3. The first-order valence-corrected chi connectivity index (χ1v) is 5.76. The molecular weight excluding hydrogens is 219 g/mol. The summed E-state index contributed by atoms with van der Waals surface area (Å²) < 4.78 is 15.5. The molecule has 2 aromatic rings. The number of pyridine rings is 2. The minimum atomic E-state index is -0.414. The molecule has 0 spiro atoms. The molecule has 2 aromatic heterocycles. The van der Waals surface area contributed by atoms with Gasteiger partial charge >= 0.3 is 0 Å². The van der Waals surface area contributed by atoms with E-state index in [1.807, 2.05) is 10.8 Å². The van der Waals surface area contributed by atoms with Gasteiger partial charge in [-0.2, -0.15) is 0 Å². The number of hydrogen-bond donors (Lipinski definition) is 0. The van der Waals surface area contributed by atoms with Crippen molar-refractivity contribution in [2.45, 2.75) is 32.7 Å². The van der Waals surface area contributed by atoms with Gasteiger partial charge in [-0.15, -0.1) is 0 Å². The molecule has 0 amide bonds. The van der Waals surface area contributed by atoms with Gasteiger partial charge < -0.3 is 4.57 Å². The van der Waals surface area contributed by atoms with E-state index in [-0.39, 0.29) is 5.43 Å². The number of fused-ring (bicyclic) bond motifs is 1. The van der Waals surface area contributed by atoms with Crippen LogP contribution in [0.4, 0.5) is 4.39 Å². The van der Waals surface area contributed by atoms with Gasteiger partial charge in [0, 0.05) is 17.8 Å². The van der Waals surface area contributed by atoms with Crippen LogP contribution in [-0.4, -0.2) is 9.55 Å². The molecule has 2 heterocycles. The van der Waals surface area contributed by atoms with Gasteiger partial charge in [0.25, 0.3) is 0 Å². The van der Waals surface area contributed by atoms with E-state index in [1.165, 1.54) is 6.07 Å². The van der Waals surface area contributed by atoms with E-state index in [1.54, 1.807) is 13.8 Å². The van der Waals surface area contributed by atoms with Gasteiger partial charge in [0.2, 0.25) is 0 Å². The summed E-state index contributed by atoms with van der Waals surface area (Å²) in [6.45, 7) is 3.38. The van der Waals surface area contributed by atoms with Crippen molar-refractivity contribution in [3.8, 4) is 0 Å². The zero-order chi connectivity index (χ0) is 12.2. The van der Waals surface area contributed by atoms with E-state index in [2.05, 4.69) is 4.98 Å². The van der Waals surface area contributed by atoms with Gasteiger partial charge in [0.15, 0.2) is 5.43 Å². The summed E-state index contributed by atoms with van der Waals surface area (Å²) in [5.74, 6) is -0.414. The highest BCUT2D eigenvalue weighted by atomic mass is 19.1. The second-order valence-corrected chi connectivity index (χ2v) is 4.71. The van der Waals surface area contributed by atoms with Crippen LogP contribution in [0.25, 0.3) is 11.0 Å². The maximum Gasteiger partial charge on any atom is 0.194 e. The largest absolute Gasteiger partial charge is 0.329 e. The molecule has 0 aromatic carbocycles. The SMILES string of the molecule is Cc1nc2c(cc1F)c(=O)c(C)cn2C1CC1. The quantitative estimate of drug-likeness (QED) is 0.757. The molecule has 1 fully saturated rings. The lowest BCUT2D eigenvalue weighted by molar-refractivity contribution is 0.610. The van der Waals surface area contributed by atoms with Gasteiger partial charge in [-0.3, -0.25) is 4.79 Å². The topological polar surface area (TPSA) is 34.9 Å². The van der Waals surface area contributed by atoms with Gasteiger partial charge in [-0.1, -0.05) is 0 Å². The fraction of sp³-hybridized carbons (Fsp3) is 0.385. The van der Waals surface area contributed by atoms with Crippen LogP contribution in [0, 0.1) is 19.7 Å². The fourth-order valence-corrected chi connectivity index (χ4v) is 2.10. The van der Waals surface area contributed by atoms with Crippen LogP contribution < -0.4 is 5.43 Å². The molecule has 0 bridgehead atoms. The van der Waals surface area contributed by atoms with Crippen molar-refractivity contribution in [2.75, 3.05) is 0 Å². The normalized spacial score (nSPS) is 15.5. The molecule has 1 aliphatic rings. The zero-order valence-electron chi connectivity index (χ0n) is 9.83. The van der Waals surface area contributed by atoms with Crippen molar-refractivity contribution in [3.63, 3.8) is 0 Å². The predicted octanol–water partition coefficient (Wildman–Crippen LogP) is 2.49. The lowest BCUT2D eigenvalue weighted by Gasteiger charge is -2.11. The summed E-state index contributed by atoms with van der Waals surface area (Å²) in [4.78, 5) is 16.2. The summed E-state index contributed by atoms with van der Waals surface area (Å²) in [5, 5.41) is 0.389. The third-order valence-corrected chi connectivity index (χ3v) is 3.25. The average molecular weight is 232 g/mol. The van der Waals surface area contributed by atoms with Gasteiger partial charge in [0.05, 0.1) is 11.1 Å². The molecule has 3 rings (SSSR count). The van der Waals surface area contributed by atoms with Gasteiger partial charge in [-0.25, -0.2) is 9.37 Å². The molecule has 17 heavy (non-hydrogen) atoms. The van der Waals surface area contributed by atoms with Crippen molar-refractivity contribution in [1.29, 1.82) is 0 Å². The van der Waals surface area contributed by atoms with Crippen LogP contribution in [0.1, 0.15) is 30.1 Å². The average Bonchev–Trinajstić information content (AvgIpc) is 3.10. The maximum absolute atomic E-state index is 13.5. The van der Waals surface area contributed by atoms with Crippen LogP contribution in [-0.2, 0) is 0 Å². The summed E-state index contributed by atoms with van der Waals surface area (Å²) in [6, 6.07) is 1.74. The van der Waals surface area contributed by atoms with Crippen molar-refractivity contribution in [2.24, 2.45) is 0 Å². The Morgan fingerprint density at radius 1 is 1.41 bits per heavy atom. The Morgan fingerprint density at radius 3 is 2.76 bits per heavy atom. The molecule has 0 unspecified atom stereocenters. The van der Waals surface area contributed by atoms with Crippen molar-refractivity contribution < 1.29 is 4.39 Å². The molecule has 3 nitrogen and oxygen atoms in total. The monoisotopic (exact) mass is 232 g/mol. The number of nitrogens with zero attached hydrogens (tertiary/aromatic N) is 2. The molecule has 88 valence electrons. The van der Waals surface area contributed by atoms with Crippen molar-refractivity contribution in [1.82, 2.24) is 9.55 Å². The maximum atomic E-state index is 13.5. The molecule has 4 heteroatoms. The van der Waals surface area contributed by atoms with Crippen LogP contribution in [0.2, 0.25) is 0 Å². The molecule has 0 radical (unpaired) electrons. The zero-order valence-corrected chi connectivity index (χ0v) is 9.83. The number of aryl methyl sites for hydroxylation is 2. The molecule has 0 aliphatic heterocycles. The second kappa shape index (κ2) is 3.39. The third-order valence-electron chi connectivity index (χ3n) is 3.25. The Bertz CT molecular complexity index is 671. The third kappa shape index (κ3) is 1.55. The highest BCUT2D eigenvalue weighted by molar-refractivity contribution is 5.76. The molecule has 0 saturated heterocycles. The van der Waals surface area contributed by atoms with Gasteiger partial charge in [0.1, 0.15) is 11.5 Å². The summed E-state index contributed by atoms with van der Waals surface area (Å²) in [5.41, 5.74) is 1.48. The smallest absolute Gasteiger partial charge is 0.194 e. The van der Waals surface area contributed by atoms with Gasteiger partial charge in [-0.05, 0) is 32.8 Å². The first kappa shape index (κ1) is 10.4. The van der Waals surface area contributed by atoms with Crippen molar-refractivity contribution >= 4 is 11.0 Å². The molecular formula is C13H13FN2O. The summed E-state index contributed by atoms with van der Waals surface area (Å²) >= 11 is 0. The number of aromatic nitrogens is 2. The summed E-state index contributed by atoms with van der Waals surface area (Å²) in [7, 11) is 0. The molecule has 1 saturated carbocycles. The lowest BCUT2D eigenvalue weighted by atomic mass is 10.2. The summed E-state index contributed by atoms with van der Waals surface area (Å²) in [6.07, 6.45) is 4.05. The van der Waals surface area contributed by atoms with E-state index < -0.39 is 5.82 Å². The minimum Gasteiger partial charge on any atom is -0.329 e. The predicted molar refractivity (Wildman–Crippen MR) is 63.7 cm³/mol. The fourth-order valence-electron chi connectivity index (χ4n) is 2.10. The van der Waals surface area contributed by atoms with E-state index in [4.69, 9.17) is 0 Å². The number of hydrogen-bond acceptors (Lipinski definition) is 2. The Balaban J connectivity index is 2.45. The Kier molecular flexibility index (Phi) is 2.08. The van der Waals surface area contributed by atoms with Crippen molar-refractivity contribution in [3.05, 3.63) is 39.6 Å². The highest BCUT2D eigenvalue weighted by Crippen LogP contribution is 2.36. The number of halogens is 1. The first-order chi connectivity index (χ1) is 8.08. The Morgan fingerprint density at radius 2 is 2.12 bits per heavy atom. The van der Waals surface area contributed by atoms with Crippen LogP contribution in [0.5, 0.6) is 0 Å². The van der Waals surface area contributed by atoms with E-state index in [0.717, 1.165) is 12.8 Å². The van der Waals surface area contributed by atoms with E-state index in [9.17, 15) is 9.18 Å².